The van der Waals surface area contributed by atoms with E-state index in [-0.39, 0.29) is 0 Å². The lowest BCUT2D eigenvalue weighted by Crippen LogP contribution is -2.53. The summed E-state index contributed by atoms with van der Waals surface area (Å²) < 4.78 is 6.03. The second kappa shape index (κ2) is 9.86. The Morgan fingerprint density at radius 1 is 0.935 bits per heavy atom. The van der Waals surface area contributed by atoms with Crippen molar-refractivity contribution in [3.63, 3.8) is 0 Å². The maximum Gasteiger partial charge on any atom is 0.321 e. The molecule has 5 nitrogen and oxygen atoms in total. The van der Waals surface area contributed by atoms with E-state index < -0.39 is 12.0 Å². The van der Waals surface area contributed by atoms with E-state index in [0.717, 1.165) is 18.7 Å². The van der Waals surface area contributed by atoms with E-state index in [4.69, 9.17) is 16.3 Å². The zero-order valence-electron chi connectivity index (χ0n) is 17.2. The minimum atomic E-state index is -0.834. The summed E-state index contributed by atoms with van der Waals surface area (Å²) >= 11 is 6.23. The van der Waals surface area contributed by atoms with E-state index in [1.807, 2.05) is 53.4 Å². The van der Waals surface area contributed by atoms with Crippen LogP contribution in [0.1, 0.15) is 5.56 Å². The molecule has 0 aliphatic carbocycles. The van der Waals surface area contributed by atoms with Crippen LogP contribution in [0.15, 0.2) is 78.9 Å². The second-order valence-electron chi connectivity index (χ2n) is 7.58. The highest BCUT2D eigenvalue weighted by Gasteiger charge is 2.30. The van der Waals surface area contributed by atoms with E-state index in [9.17, 15) is 9.90 Å². The van der Waals surface area contributed by atoms with E-state index in [2.05, 4.69) is 17.0 Å². The van der Waals surface area contributed by atoms with Gasteiger partial charge in [-0.25, -0.2) is 0 Å². The average Bonchev–Trinajstić information content (AvgIpc) is 2.80. The summed E-state index contributed by atoms with van der Waals surface area (Å²) in [5, 5.41) is 10.6. The molecule has 0 bridgehead atoms. The van der Waals surface area contributed by atoms with Crippen LogP contribution in [0.3, 0.4) is 0 Å². The van der Waals surface area contributed by atoms with Crippen molar-refractivity contribution in [3.05, 3.63) is 89.4 Å². The lowest BCUT2D eigenvalue weighted by molar-refractivity contribution is -0.143. The molecule has 1 atom stereocenters. The third-order valence-corrected chi connectivity index (χ3v) is 5.80. The van der Waals surface area contributed by atoms with Crippen molar-refractivity contribution in [1.82, 2.24) is 4.90 Å². The topological polar surface area (TPSA) is 53.0 Å². The molecule has 1 heterocycles. The van der Waals surface area contributed by atoms with Crippen LogP contribution in [-0.2, 0) is 11.2 Å². The Labute approximate surface area is 187 Å². The summed E-state index contributed by atoms with van der Waals surface area (Å²) in [5.41, 5.74) is 1.96. The number of hydrogen-bond acceptors (Lipinski definition) is 4. The van der Waals surface area contributed by atoms with Crippen LogP contribution in [0.4, 0.5) is 5.69 Å². The minimum absolute atomic E-state index is 0.323. The van der Waals surface area contributed by atoms with Crippen LogP contribution in [-0.4, -0.2) is 48.2 Å². The summed E-state index contributed by atoms with van der Waals surface area (Å²) in [6, 6.07) is 24.4. The smallest absolute Gasteiger partial charge is 0.321 e. The van der Waals surface area contributed by atoms with E-state index in [1.54, 1.807) is 18.2 Å². The molecule has 0 saturated carbocycles. The van der Waals surface area contributed by atoms with Gasteiger partial charge >= 0.3 is 5.97 Å². The first kappa shape index (κ1) is 21.2. The first-order chi connectivity index (χ1) is 15.1. The van der Waals surface area contributed by atoms with Crippen molar-refractivity contribution in [3.8, 4) is 11.5 Å². The number of para-hydroxylation sites is 2. The number of anilines is 1. The number of rotatable bonds is 7. The van der Waals surface area contributed by atoms with Crippen LogP contribution in [0.5, 0.6) is 11.5 Å². The summed E-state index contributed by atoms with van der Waals surface area (Å²) in [6.07, 6.45) is 0.323. The zero-order valence-corrected chi connectivity index (χ0v) is 17.9. The summed E-state index contributed by atoms with van der Waals surface area (Å²) in [5.74, 6) is 0.498. The molecule has 4 rings (SSSR count). The Morgan fingerprint density at radius 2 is 1.58 bits per heavy atom. The number of carboxylic acids is 1. The Bertz CT molecular complexity index is 1010. The Kier molecular flexibility index (Phi) is 6.75. The fraction of sp³-hybridized carbons (Fsp3) is 0.240. The molecule has 0 amide bonds. The van der Waals surface area contributed by atoms with Gasteiger partial charge in [0.2, 0.25) is 0 Å². The molecule has 160 valence electrons. The number of piperazine rings is 1. The molecule has 1 aliphatic heterocycles. The van der Waals surface area contributed by atoms with Gasteiger partial charge in [0.1, 0.15) is 17.5 Å². The lowest BCUT2D eigenvalue weighted by Gasteiger charge is -2.39. The van der Waals surface area contributed by atoms with Gasteiger partial charge in [-0.05, 0) is 48.0 Å². The molecular formula is C25H25ClN2O3. The normalized spacial score (nSPS) is 15.5. The molecule has 1 aliphatic rings. The molecule has 31 heavy (non-hydrogen) atoms. The average molecular weight is 437 g/mol. The van der Waals surface area contributed by atoms with Gasteiger partial charge in [0.05, 0.1) is 0 Å². The van der Waals surface area contributed by atoms with Crippen LogP contribution < -0.4 is 9.64 Å². The fourth-order valence-corrected chi connectivity index (χ4v) is 4.13. The SMILES string of the molecule is O=C(O)[C@@H](Cc1cc(Cl)ccc1Oc1ccccc1)N1CCN(c2ccccc2)CC1. The van der Waals surface area contributed by atoms with Crippen molar-refractivity contribution >= 4 is 23.3 Å². The molecule has 3 aromatic carbocycles. The Hall–Kier alpha value is -3.02. The molecular weight excluding hydrogens is 412 g/mol. The van der Waals surface area contributed by atoms with Crippen LogP contribution in [0, 0.1) is 0 Å². The van der Waals surface area contributed by atoms with Gasteiger partial charge in [0, 0.05) is 43.3 Å². The summed E-state index contributed by atoms with van der Waals surface area (Å²) in [6.45, 7) is 2.94. The van der Waals surface area contributed by atoms with E-state index in [1.165, 1.54) is 5.69 Å². The van der Waals surface area contributed by atoms with Gasteiger partial charge in [-0.1, -0.05) is 48.0 Å². The molecule has 0 spiro atoms. The van der Waals surface area contributed by atoms with Gasteiger partial charge in [0.15, 0.2) is 0 Å². The van der Waals surface area contributed by atoms with E-state index >= 15 is 0 Å². The number of hydrogen-bond donors (Lipinski definition) is 1. The molecule has 1 N–H and O–H groups in total. The van der Waals surface area contributed by atoms with Crippen LogP contribution >= 0.6 is 11.6 Å². The van der Waals surface area contributed by atoms with Gasteiger partial charge in [-0.15, -0.1) is 0 Å². The number of benzene rings is 3. The maximum absolute atomic E-state index is 12.2. The quantitative estimate of drug-likeness (QED) is 0.568. The fourth-order valence-electron chi connectivity index (χ4n) is 3.93. The monoisotopic (exact) mass is 436 g/mol. The molecule has 0 unspecified atom stereocenters. The first-order valence-electron chi connectivity index (χ1n) is 10.4. The minimum Gasteiger partial charge on any atom is -0.480 e. The predicted molar refractivity (Wildman–Crippen MR) is 123 cm³/mol. The first-order valence-corrected chi connectivity index (χ1v) is 10.8. The number of nitrogens with zero attached hydrogens (tertiary/aromatic N) is 2. The number of halogens is 1. The highest BCUT2D eigenvalue weighted by Crippen LogP contribution is 2.30. The molecule has 6 heteroatoms. The van der Waals surface area contributed by atoms with Crippen molar-refractivity contribution in [2.24, 2.45) is 0 Å². The van der Waals surface area contributed by atoms with Crippen LogP contribution in [0.25, 0.3) is 0 Å². The van der Waals surface area contributed by atoms with Crippen molar-refractivity contribution in [2.45, 2.75) is 12.5 Å². The standard InChI is InChI=1S/C25H25ClN2O3/c26-20-11-12-24(31-22-9-5-2-6-10-22)19(17-20)18-23(25(29)30)28-15-13-27(14-16-28)21-7-3-1-4-8-21/h1-12,17,23H,13-16,18H2,(H,29,30)/t23-/m1/s1. The molecule has 1 saturated heterocycles. The van der Waals surface area contributed by atoms with Gasteiger partial charge in [-0.2, -0.15) is 0 Å². The van der Waals surface area contributed by atoms with Gasteiger partial charge < -0.3 is 14.7 Å². The highest BCUT2D eigenvalue weighted by atomic mass is 35.5. The lowest BCUT2D eigenvalue weighted by atomic mass is 10.0. The van der Waals surface area contributed by atoms with Crippen molar-refractivity contribution in [2.75, 3.05) is 31.1 Å². The second-order valence-corrected chi connectivity index (χ2v) is 8.02. The molecule has 1 fully saturated rings. The third-order valence-electron chi connectivity index (χ3n) is 5.57. The summed E-state index contributed by atoms with van der Waals surface area (Å²) in [7, 11) is 0. The Balaban J connectivity index is 1.49. The number of carbonyl (C=O) groups is 1. The van der Waals surface area contributed by atoms with Crippen molar-refractivity contribution < 1.29 is 14.6 Å². The number of ether oxygens (including phenoxy) is 1. The molecule has 0 aromatic heterocycles. The molecule has 0 radical (unpaired) electrons. The predicted octanol–water partition coefficient (Wildman–Crippen LogP) is 4.95. The largest absolute Gasteiger partial charge is 0.480 e. The zero-order chi connectivity index (χ0) is 21.6. The van der Waals surface area contributed by atoms with Gasteiger partial charge in [-0.3, -0.25) is 9.69 Å². The number of aliphatic carboxylic acids is 1. The van der Waals surface area contributed by atoms with Gasteiger partial charge in [0.25, 0.3) is 0 Å². The third kappa shape index (κ3) is 5.37. The van der Waals surface area contributed by atoms with Crippen LogP contribution in [0.2, 0.25) is 5.02 Å². The number of carboxylic acid groups (broad SMARTS) is 1. The summed E-state index contributed by atoms with van der Waals surface area (Å²) in [4.78, 5) is 16.5. The molecule has 3 aromatic rings. The highest BCUT2D eigenvalue weighted by molar-refractivity contribution is 6.30. The Morgan fingerprint density at radius 3 is 2.23 bits per heavy atom. The van der Waals surface area contributed by atoms with Crippen molar-refractivity contribution in [1.29, 1.82) is 0 Å². The maximum atomic E-state index is 12.2. The van der Waals surface area contributed by atoms with E-state index in [0.29, 0.717) is 36.0 Å².